The molecular weight excluding hydrogens is 207 g/mol. The summed E-state index contributed by atoms with van der Waals surface area (Å²) in [4.78, 5) is 11.1. The second-order valence-electron chi connectivity index (χ2n) is 3.54. The molecule has 88 valence electrons. The van der Waals surface area contributed by atoms with Gasteiger partial charge in [0.2, 0.25) is 5.91 Å². The molecular formula is C12H17FN2O. The molecule has 1 rings (SSSR count). The van der Waals surface area contributed by atoms with Gasteiger partial charge in [-0.15, -0.1) is 0 Å². The van der Waals surface area contributed by atoms with E-state index in [0.29, 0.717) is 5.56 Å². The Kier molecular flexibility index (Phi) is 4.92. The summed E-state index contributed by atoms with van der Waals surface area (Å²) in [6.07, 6.45) is 0.734. The second-order valence-corrected chi connectivity index (χ2v) is 3.54. The van der Waals surface area contributed by atoms with Crippen LogP contribution in [0.4, 0.5) is 4.39 Å². The van der Waals surface area contributed by atoms with Crippen LogP contribution in [0.3, 0.4) is 0 Å². The van der Waals surface area contributed by atoms with Crippen molar-refractivity contribution in [3.63, 3.8) is 0 Å². The lowest BCUT2D eigenvalue weighted by atomic mass is 10.0. The molecule has 1 amide bonds. The Morgan fingerprint density at radius 1 is 1.44 bits per heavy atom. The summed E-state index contributed by atoms with van der Waals surface area (Å²) in [7, 11) is 1.58. The molecule has 0 fully saturated rings. The number of rotatable bonds is 5. The Labute approximate surface area is 95.0 Å². The van der Waals surface area contributed by atoms with Crippen LogP contribution in [0.15, 0.2) is 24.3 Å². The maximum atomic E-state index is 13.5. The van der Waals surface area contributed by atoms with Gasteiger partial charge in [0.15, 0.2) is 0 Å². The number of halogens is 1. The molecule has 1 unspecified atom stereocenters. The van der Waals surface area contributed by atoms with Crippen LogP contribution in [-0.4, -0.2) is 19.5 Å². The third kappa shape index (κ3) is 3.31. The first-order valence-electron chi connectivity index (χ1n) is 5.37. The van der Waals surface area contributed by atoms with Crippen molar-refractivity contribution in [3.8, 4) is 0 Å². The highest BCUT2D eigenvalue weighted by Gasteiger charge is 2.13. The van der Waals surface area contributed by atoms with Crippen LogP contribution in [0, 0.1) is 5.82 Å². The van der Waals surface area contributed by atoms with Gasteiger partial charge in [0, 0.05) is 18.7 Å². The average Bonchev–Trinajstić information content (AvgIpc) is 2.31. The third-order valence-corrected chi connectivity index (χ3v) is 2.48. The Hall–Kier alpha value is -1.42. The highest BCUT2D eigenvalue weighted by Crippen LogP contribution is 2.19. The van der Waals surface area contributed by atoms with Crippen molar-refractivity contribution in [2.45, 2.75) is 19.4 Å². The van der Waals surface area contributed by atoms with Crippen molar-refractivity contribution >= 4 is 5.91 Å². The van der Waals surface area contributed by atoms with Gasteiger partial charge in [-0.2, -0.15) is 0 Å². The first kappa shape index (κ1) is 12.6. The van der Waals surface area contributed by atoms with Crippen molar-refractivity contribution in [1.82, 2.24) is 10.6 Å². The number of carbonyl (C=O) groups excluding carboxylic acids is 1. The first-order valence-corrected chi connectivity index (χ1v) is 5.37. The van der Waals surface area contributed by atoms with Gasteiger partial charge < -0.3 is 10.6 Å². The number of hydrogen-bond donors (Lipinski definition) is 2. The largest absolute Gasteiger partial charge is 0.358 e. The molecule has 16 heavy (non-hydrogen) atoms. The minimum Gasteiger partial charge on any atom is -0.358 e. The maximum absolute atomic E-state index is 13.5. The van der Waals surface area contributed by atoms with Crippen molar-refractivity contribution in [2.75, 3.05) is 13.6 Å². The van der Waals surface area contributed by atoms with Crippen LogP contribution in [0.2, 0.25) is 0 Å². The van der Waals surface area contributed by atoms with E-state index >= 15 is 0 Å². The zero-order chi connectivity index (χ0) is 12.0. The third-order valence-electron chi connectivity index (χ3n) is 2.48. The SMILES string of the molecule is CCC(NCC(=O)NC)c1ccccc1F. The number of likely N-dealkylation sites (N-methyl/N-ethyl adjacent to an activating group) is 1. The summed E-state index contributed by atoms with van der Waals surface area (Å²) in [5, 5.41) is 5.54. The first-order chi connectivity index (χ1) is 7.69. The molecule has 0 radical (unpaired) electrons. The van der Waals surface area contributed by atoms with Gasteiger partial charge in [-0.25, -0.2) is 4.39 Å². The van der Waals surface area contributed by atoms with Crippen molar-refractivity contribution in [2.24, 2.45) is 0 Å². The molecule has 0 bridgehead atoms. The highest BCUT2D eigenvalue weighted by atomic mass is 19.1. The fourth-order valence-electron chi connectivity index (χ4n) is 1.54. The smallest absolute Gasteiger partial charge is 0.233 e. The lowest BCUT2D eigenvalue weighted by molar-refractivity contribution is -0.119. The number of amides is 1. The van der Waals surface area contributed by atoms with Crippen molar-refractivity contribution in [3.05, 3.63) is 35.6 Å². The van der Waals surface area contributed by atoms with E-state index in [1.807, 2.05) is 6.92 Å². The van der Waals surface area contributed by atoms with Gasteiger partial charge in [0.05, 0.1) is 6.54 Å². The van der Waals surface area contributed by atoms with E-state index in [1.54, 1.807) is 25.2 Å². The number of nitrogens with one attached hydrogen (secondary N) is 2. The molecule has 2 N–H and O–H groups in total. The average molecular weight is 224 g/mol. The van der Waals surface area contributed by atoms with Crippen LogP contribution in [-0.2, 0) is 4.79 Å². The van der Waals surface area contributed by atoms with E-state index in [0.717, 1.165) is 6.42 Å². The summed E-state index contributed by atoms with van der Waals surface area (Å²) >= 11 is 0. The minimum absolute atomic E-state index is 0.102. The van der Waals surface area contributed by atoms with E-state index in [-0.39, 0.29) is 24.3 Å². The summed E-state index contributed by atoms with van der Waals surface area (Å²) in [5.74, 6) is -0.339. The van der Waals surface area contributed by atoms with Crippen LogP contribution in [0.5, 0.6) is 0 Å². The Morgan fingerprint density at radius 3 is 2.69 bits per heavy atom. The topological polar surface area (TPSA) is 41.1 Å². The molecule has 1 atom stereocenters. The standard InChI is InChI=1S/C12H17FN2O/c1-3-11(15-8-12(16)14-2)9-6-4-5-7-10(9)13/h4-7,11,15H,3,8H2,1-2H3,(H,14,16). The Morgan fingerprint density at radius 2 is 2.12 bits per heavy atom. The van der Waals surface area contributed by atoms with Crippen LogP contribution >= 0.6 is 0 Å². The molecule has 1 aromatic rings. The number of benzene rings is 1. The zero-order valence-corrected chi connectivity index (χ0v) is 9.59. The molecule has 0 heterocycles. The molecule has 0 aliphatic rings. The van der Waals surface area contributed by atoms with Crippen LogP contribution < -0.4 is 10.6 Å². The highest BCUT2D eigenvalue weighted by molar-refractivity contribution is 5.77. The summed E-state index contributed by atoms with van der Waals surface area (Å²) in [5.41, 5.74) is 0.605. The fourth-order valence-corrected chi connectivity index (χ4v) is 1.54. The van der Waals surface area contributed by atoms with E-state index in [1.165, 1.54) is 6.07 Å². The van der Waals surface area contributed by atoms with E-state index in [4.69, 9.17) is 0 Å². The van der Waals surface area contributed by atoms with Crippen molar-refractivity contribution in [1.29, 1.82) is 0 Å². The van der Waals surface area contributed by atoms with Crippen LogP contribution in [0.25, 0.3) is 0 Å². The van der Waals surface area contributed by atoms with Crippen molar-refractivity contribution < 1.29 is 9.18 Å². The molecule has 0 aliphatic heterocycles. The fraction of sp³-hybridized carbons (Fsp3) is 0.417. The van der Waals surface area contributed by atoms with Gasteiger partial charge in [-0.1, -0.05) is 25.1 Å². The second kappa shape index (κ2) is 6.23. The van der Waals surface area contributed by atoms with E-state index in [2.05, 4.69) is 10.6 Å². The van der Waals surface area contributed by atoms with Crippen LogP contribution in [0.1, 0.15) is 24.9 Å². The monoisotopic (exact) mass is 224 g/mol. The van der Waals surface area contributed by atoms with E-state index < -0.39 is 0 Å². The Bertz CT molecular complexity index is 355. The lowest BCUT2D eigenvalue weighted by Gasteiger charge is -2.17. The molecule has 1 aromatic carbocycles. The molecule has 4 heteroatoms. The number of hydrogen-bond acceptors (Lipinski definition) is 2. The zero-order valence-electron chi connectivity index (χ0n) is 9.59. The quantitative estimate of drug-likeness (QED) is 0.798. The Balaban J connectivity index is 2.68. The summed E-state index contributed by atoms with van der Waals surface area (Å²) < 4.78 is 13.5. The summed E-state index contributed by atoms with van der Waals surface area (Å²) in [6, 6.07) is 6.49. The maximum Gasteiger partial charge on any atom is 0.233 e. The molecule has 0 saturated heterocycles. The van der Waals surface area contributed by atoms with E-state index in [9.17, 15) is 9.18 Å². The van der Waals surface area contributed by atoms with Gasteiger partial charge in [0.25, 0.3) is 0 Å². The molecule has 0 spiro atoms. The molecule has 3 nitrogen and oxygen atoms in total. The van der Waals surface area contributed by atoms with Gasteiger partial charge in [0.1, 0.15) is 5.82 Å². The predicted molar refractivity (Wildman–Crippen MR) is 61.5 cm³/mol. The normalized spacial score (nSPS) is 12.2. The van der Waals surface area contributed by atoms with Gasteiger partial charge in [-0.3, -0.25) is 4.79 Å². The molecule has 0 saturated carbocycles. The predicted octanol–water partition coefficient (Wildman–Crippen LogP) is 1.61. The lowest BCUT2D eigenvalue weighted by Crippen LogP contribution is -2.33. The minimum atomic E-state index is -0.237. The summed E-state index contributed by atoms with van der Waals surface area (Å²) in [6.45, 7) is 2.15. The molecule has 0 aromatic heterocycles. The van der Waals surface area contributed by atoms with Gasteiger partial charge in [-0.05, 0) is 12.5 Å². The number of carbonyl (C=O) groups is 1. The molecule has 0 aliphatic carbocycles. The van der Waals surface area contributed by atoms with Gasteiger partial charge >= 0.3 is 0 Å².